The summed E-state index contributed by atoms with van der Waals surface area (Å²) in [6.45, 7) is 3.72. The number of esters is 1. The Hall–Kier alpha value is -3.62. The first kappa shape index (κ1) is 21.7. The summed E-state index contributed by atoms with van der Waals surface area (Å²) in [4.78, 5) is 35.7. The van der Waals surface area contributed by atoms with Crippen molar-refractivity contribution in [2.24, 2.45) is 0 Å². The van der Waals surface area contributed by atoms with E-state index in [4.69, 9.17) is 14.2 Å². The van der Waals surface area contributed by atoms with Crippen molar-refractivity contribution in [3.8, 4) is 11.5 Å². The van der Waals surface area contributed by atoms with Gasteiger partial charge in [-0.25, -0.2) is 14.0 Å². The zero-order valence-corrected chi connectivity index (χ0v) is 16.0. The van der Waals surface area contributed by atoms with Crippen molar-refractivity contribution >= 4 is 23.6 Å². The van der Waals surface area contributed by atoms with Gasteiger partial charge in [0, 0.05) is 0 Å². The molecule has 8 nitrogen and oxygen atoms in total. The van der Waals surface area contributed by atoms with Crippen molar-refractivity contribution in [3.05, 3.63) is 53.8 Å². The number of urea groups is 1. The quantitative estimate of drug-likeness (QED) is 0.656. The summed E-state index contributed by atoms with van der Waals surface area (Å²) in [5.41, 5.74) is 0.0631. The normalized spacial score (nSPS) is 10.0. The standard InChI is InChI=1S/C20H21FN2O6/c1-3-27-16-10-9-13(11-17(16)28-4-2)19(25)29-12-18(24)23-20(26)22-15-8-6-5-7-14(15)21/h5-11H,3-4,12H2,1-2H3,(H2,22,23,24,26). The van der Waals surface area contributed by atoms with Crippen LogP contribution in [-0.4, -0.2) is 37.7 Å². The second kappa shape index (κ2) is 10.6. The van der Waals surface area contributed by atoms with Gasteiger partial charge in [0.05, 0.1) is 24.5 Å². The van der Waals surface area contributed by atoms with Crippen LogP contribution in [0.3, 0.4) is 0 Å². The maximum atomic E-state index is 13.5. The summed E-state index contributed by atoms with van der Waals surface area (Å²) in [5.74, 6) is -1.45. The van der Waals surface area contributed by atoms with Crippen LogP contribution >= 0.6 is 0 Å². The number of hydrogen-bond acceptors (Lipinski definition) is 6. The SMILES string of the molecule is CCOc1ccc(C(=O)OCC(=O)NC(=O)Nc2ccccc2F)cc1OCC. The van der Waals surface area contributed by atoms with Gasteiger partial charge >= 0.3 is 12.0 Å². The molecule has 3 amide bonds. The average Bonchev–Trinajstić information content (AvgIpc) is 2.69. The third kappa shape index (κ3) is 6.49. The fourth-order valence-corrected chi connectivity index (χ4v) is 2.27. The molecule has 0 aliphatic rings. The van der Waals surface area contributed by atoms with E-state index in [1.165, 1.54) is 30.3 Å². The fourth-order valence-electron chi connectivity index (χ4n) is 2.27. The van der Waals surface area contributed by atoms with Crippen molar-refractivity contribution in [2.75, 3.05) is 25.1 Å². The molecule has 0 unspecified atom stereocenters. The van der Waals surface area contributed by atoms with Gasteiger partial charge < -0.3 is 19.5 Å². The van der Waals surface area contributed by atoms with Crippen LogP contribution < -0.4 is 20.1 Å². The lowest BCUT2D eigenvalue weighted by Crippen LogP contribution is -2.37. The number of benzene rings is 2. The second-order valence-corrected chi connectivity index (χ2v) is 5.59. The topological polar surface area (TPSA) is 103 Å². The Morgan fingerprint density at radius 2 is 1.66 bits per heavy atom. The lowest BCUT2D eigenvalue weighted by molar-refractivity contribution is -0.123. The van der Waals surface area contributed by atoms with Gasteiger partial charge in [0.15, 0.2) is 18.1 Å². The molecule has 2 aromatic carbocycles. The predicted octanol–water partition coefficient (Wildman–Crippen LogP) is 3.13. The molecule has 2 rings (SSSR count). The monoisotopic (exact) mass is 404 g/mol. The maximum Gasteiger partial charge on any atom is 0.338 e. The van der Waals surface area contributed by atoms with E-state index in [9.17, 15) is 18.8 Å². The van der Waals surface area contributed by atoms with Gasteiger partial charge in [0.25, 0.3) is 5.91 Å². The summed E-state index contributed by atoms with van der Waals surface area (Å²) in [5, 5.41) is 4.13. The van der Waals surface area contributed by atoms with Gasteiger partial charge in [0.1, 0.15) is 5.82 Å². The minimum atomic E-state index is -0.948. The summed E-state index contributed by atoms with van der Waals surface area (Å²) >= 11 is 0. The molecule has 0 aliphatic carbocycles. The van der Waals surface area contributed by atoms with E-state index in [0.717, 1.165) is 6.07 Å². The number of para-hydroxylation sites is 1. The number of hydrogen-bond donors (Lipinski definition) is 2. The van der Waals surface area contributed by atoms with Crippen molar-refractivity contribution in [2.45, 2.75) is 13.8 Å². The van der Waals surface area contributed by atoms with Crippen molar-refractivity contribution in [1.29, 1.82) is 0 Å². The van der Waals surface area contributed by atoms with Gasteiger partial charge in [-0.05, 0) is 44.2 Å². The third-order valence-electron chi connectivity index (χ3n) is 3.49. The van der Waals surface area contributed by atoms with Gasteiger partial charge in [-0.1, -0.05) is 12.1 Å². The van der Waals surface area contributed by atoms with Crippen LogP contribution in [-0.2, 0) is 9.53 Å². The van der Waals surface area contributed by atoms with Crippen LogP contribution in [0.15, 0.2) is 42.5 Å². The third-order valence-corrected chi connectivity index (χ3v) is 3.49. The number of halogens is 1. The lowest BCUT2D eigenvalue weighted by atomic mass is 10.2. The van der Waals surface area contributed by atoms with Crippen LogP contribution in [0.25, 0.3) is 0 Å². The van der Waals surface area contributed by atoms with E-state index in [1.807, 2.05) is 12.2 Å². The first-order valence-electron chi connectivity index (χ1n) is 8.86. The number of amides is 3. The van der Waals surface area contributed by atoms with E-state index < -0.39 is 30.3 Å². The molecule has 0 aromatic heterocycles. The van der Waals surface area contributed by atoms with Gasteiger partial charge in [0.2, 0.25) is 0 Å². The van der Waals surface area contributed by atoms with Crippen molar-refractivity contribution < 1.29 is 33.0 Å². The van der Waals surface area contributed by atoms with E-state index in [-0.39, 0.29) is 11.3 Å². The zero-order valence-electron chi connectivity index (χ0n) is 16.0. The van der Waals surface area contributed by atoms with Crippen LogP contribution in [0, 0.1) is 5.82 Å². The predicted molar refractivity (Wildman–Crippen MR) is 103 cm³/mol. The fraction of sp³-hybridized carbons (Fsp3) is 0.250. The first-order chi connectivity index (χ1) is 13.9. The summed E-state index contributed by atoms with van der Waals surface area (Å²) < 4.78 is 29.2. The molecular formula is C20H21FN2O6. The second-order valence-electron chi connectivity index (χ2n) is 5.59. The molecule has 154 valence electrons. The number of nitrogens with one attached hydrogen (secondary N) is 2. The smallest absolute Gasteiger partial charge is 0.338 e. The molecule has 0 saturated carbocycles. The highest BCUT2D eigenvalue weighted by molar-refractivity contribution is 6.02. The highest BCUT2D eigenvalue weighted by Gasteiger charge is 2.16. The number of anilines is 1. The molecule has 0 heterocycles. The molecule has 2 aromatic rings. The molecule has 0 aliphatic heterocycles. The van der Waals surface area contributed by atoms with E-state index >= 15 is 0 Å². The Balaban J connectivity index is 1.89. The number of ether oxygens (including phenoxy) is 3. The summed E-state index contributed by atoms with van der Waals surface area (Å²) in [6, 6.07) is 9.01. The highest BCUT2D eigenvalue weighted by atomic mass is 19.1. The number of carbonyl (C=O) groups is 3. The van der Waals surface area contributed by atoms with Gasteiger partial charge in [-0.15, -0.1) is 0 Å². The van der Waals surface area contributed by atoms with Crippen molar-refractivity contribution in [3.63, 3.8) is 0 Å². The minimum absolute atomic E-state index is 0.0902. The molecule has 0 radical (unpaired) electrons. The lowest BCUT2D eigenvalue weighted by Gasteiger charge is -2.12. The van der Waals surface area contributed by atoms with Crippen LogP contribution in [0.4, 0.5) is 14.9 Å². The minimum Gasteiger partial charge on any atom is -0.490 e. The van der Waals surface area contributed by atoms with Gasteiger partial charge in [-0.2, -0.15) is 0 Å². The van der Waals surface area contributed by atoms with Crippen LogP contribution in [0.2, 0.25) is 0 Å². The first-order valence-corrected chi connectivity index (χ1v) is 8.86. The Bertz CT molecular complexity index is 887. The van der Waals surface area contributed by atoms with Gasteiger partial charge in [-0.3, -0.25) is 10.1 Å². The Morgan fingerprint density at radius 3 is 2.34 bits per heavy atom. The Kier molecular flexibility index (Phi) is 7.96. The largest absolute Gasteiger partial charge is 0.490 e. The Labute approximate surface area is 166 Å². The van der Waals surface area contributed by atoms with Crippen LogP contribution in [0.1, 0.15) is 24.2 Å². The molecule has 0 atom stereocenters. The highest BCUT2D eigenvalue weighted by Crippen LogP contribution is 2.28. The maximum absolute atomic E-state index is 13.5. The molecule has 2 N–H and O–H groups in total. The number of imide groups is 1. The molecule has 0 bridgehead atoms. The summed E-state index contributed by atoms with van der Waals surface area (Å²) in [6.07, 6.45) is 0. The molecule has 9 heteroatoms. The molecule has 29 heavy (non-hydrogen) atoms. The van der Waals surface area contributed by atoms with E-state index in [1.54, 1.807) is 13.0 Å². The van der Waals surface area contributed by atoms with Crippen LogP contribution in [0.5, 0.6) is 11.5 Å². The van der Waals surface area contributed by atoms with Crippen molar-refractivity contribution in [1.82, 2.24) is 5.32 Å². The molecular weight excluding hydrogens is 383 g/mol. The molecule has 0 fully saturated rings. The average molecular weight is 404 g/mol. The molecule has 0 spiro atoms. The number of rotatable bonds is 8. The summed E-state index contributed by atoms with van der Waals surface area (Å²) in [7, 11) is 0. The van der Waals surface area contributed by atoms with E-state index in [0.29, 0.717) is 24.7 Å². The Morgan fingerprint density at radius 1 is 0.966 bits per heavy atom. The molecule has 0 saturated heterocycles. The zero-order chi connectivity index (χ0) is 21.2. The van der Waals surface area contributed by atoms with E-state index in [2.05, 4.69) is 5.32 Å². The number of carbonyl (C=O) groups excluding carboxylic acids is 3.